The van der Waals surface area contributed by atoms with E-state index in [1.165, 1.54) is 18.9 Å². The molecule has 1 N–H and O–H groups in total. The molecule has 9 nitrogen and oxygen atoms in total. The Morgan fingerprint density at radius 2 is 2.00 bits per heavy atom. The summed E-state index contributed by atoms with van der Waals surface area (Å²) in [6.07, 6.45) is 3.42. The van der Waals surface area contributed by atoms with Crippen LogP contribution in [-0.2, 0) is 17.0 Å². The second-order valence-corrected chi connectivity index (χ2v) is 7.25. The number of nitrogens with zero attached hydrogens (tertiary/aromatic N) is 5. The van der Waals surface area contributed by atoms with Gasteiger partial charge in [-0.25, -0.2) is 9.78 Å². The standard InChI is InChI=1S/C20H18N6O3S/c1-3-26-17(12-6-8-21-9-7-12)24-25-20(26)30-11-16-22-15-10-13(19(28)29-2)4-5-14(15)18(27)23-16/h4-10H,3,11H2,1-2H3,(H,22,23,27). The van der Waals surface area contributed by atoms with Crippen LogP contribution in [-0.4, -0.2) is 42.8 Å². The van der Waals surface area contributed by atoms with Crippen LogP contribution in [0.15, 0.2) is 52.7 Å². The van der Waals surface area contributed by atoms with E-state index in [0.29, 0.717) is 34.6 Å². The van der Waals surface area contributed by atoms with Crippen LogP contribution in [0.4, 0.5) is 0 Å². The molecule has 0 saturated carbocycles. The Labute approximate surface area is 175 Å². The van der Waals surface area contributed by atoms with Gasteiger partial charge in [0.15, 0.2) is 11.0 Å². The second-order valence-electron chi connectivity index (χ2n) is 6.31. The van der Waals surface area contributed by atoms with Crippen LogP contribution in [0.2, 0.25) is 0 Å². The largest absolute Gasteiger partial charge is 0.465 e. The Morgan fingerprint density at radius 3 is 2.73 bits per heavy atom. The second kappa shape index (κ2) is 8.46. The number of rotatable bonds is 6. The molecule has 0 amide bonds. The first-order valence-corrected chi connectivity index (χ1v) is 10.2. The summed E-state index contributed by atoms with van der Waals surface area (Å²) in [5, 5.41) is 9.71. The predicted octanol–water partition coefficient (Wildman–Crippen LogP) is 2.68. The number of methoxy groups -OCH3 is 1. The molecule has 10 heteroatoms. The number of benzene rings is 1. The first-order valence-electron chi connectivity index (χ1n) is 9.18. The monoisotopic (exact) mass is 422 g/mol. The van der Waals surface area contributed by atoms with Crippen molar-refractivity contribution in [2.75, 3.05) is 7.11 Å². The van der Waals surface area contributed by atoms with Crippen LogP contribution >= 0.6 is 11.8 Å². The Hall–Kier alpha value is -3.53. The van der Waals surface area contributed by atoms with Crippen LogP contribution in [0, 0.1) is 0 Å². The summed E-state index contributed by atoms with van der Waals surface area (Å²) >= 11 is 1.42. The lowest BCUT2D eigenvalue weighted by Crippen LogP contribution is -2.12. The Bertz CT molecular complexity index is 1270. The van der Waals surface area contributed by atoms with E-state index in [2.05, 4.69) is 25.1 Å². The summed E-state index contributed by atoms with van der Waals surface area (Å²) < 4.78 is 6.73. The van der Waals surface area contributed by atoms with Gasteiger partial charge in [-0.2, -0.15) is 0 Å². The lowest BCUT2D eigenvalue weighted by atomic mass is 10.1. The number of thioether (sulfide) groups is 1. The number of pyridine rings is 1. The first-order chi connectivity index (χ1) is 14.6. The number of carbonyl (C=O) groups excluding carboxylic acids is 1. The summed E-state index contributed by atoms with van der Waals surface area (Å²) in [6.45, 7) is 2.71. The summed E-state index contributed by atoms with van der Waals surface area (Å²) in [4.78, 5) is 35.5. The topological polar surface area (TPSA) is 116 Å². The van der Waals surface area contributed by atoms with E-state index in [0.717, 1.165) is 16.5 Å². The molecule has 0 unspecified atom stereocenters. The summed E-state index contributed by atoms with van der Waals surface area (Å²) in [7, 11) is 1.31. The van der Waals surface area contributed by atoms with Crippen molar-refractivity contribution in [3.05, 3.63) is 64.5 Å². The van der Waals surface area contributed by atoms with Gasteiger partial charge < -0.3 is 14.3 Å². The van der Waals surface area contributed by atoms with E-state index >= 15 is 0 Å². The van der Waals surface area contributed by atoms with Gasteiger partial charge in [-0.1, -0.05) is 11.8 Å². The van der Waals surface area contributed by atoms with Gasteiger partial charge in [0.05, 0.1) is 29.3 Å². The number of nitrogens with one attached hydrogen (secondary N) is 1. The van der Waals surface area contributed by atoms with Crippen molar-refractivity contribution in [2.24, 2.45) is 0 Å². The highest BCUT2D eigenvalue weighted by Crippen LogP contribution is 2.25. The van der Waals surface area contributed by atoms with E-state index in [4.69, 9.17) is 4.74 Å². The molecule has 0 aliphatic heterocycles. The Kier molecular flexibility index (Phi) is 5.57. The zero-order chi connectivity index (χ0) is 21.1. The van der Waals surface area contributed by atoms with Crippen LogP contribution in [0.1, 0.15) is 23.1 Å². The molecular formula is C20H18N6O3S. The highest BCUT2D eigenvalue weighted by Gasteiger charge is 2.15. The molecule has 0 aliphatic rings. The zero-order valence-corrected chi connectivity index (χ0v) is 17.1. The average molecular weight is 422 g/mol. The number of hydrogen-bond donors (Lipinski definition) is 1. The van der Waals surface area contributed by atoms with Crippen molar-refractivity contribution in [3.63, 3.8) is 0 Å². The fourth-order valence-corrected chi connectivity index (χ4v) is 3.90. The van der Waals surface area contributed by atoms with Gasteiger partial charge in [-0.3, -0.25) is 9.78 Å². The normalized spacial score (nSPS) is 11.0. The van der Waals surface area contributed by atoms with Gasteiger partial charge in [0.1, 0.15) is 5.82 Å². The van der Waals surface area contributed by atoms with Crippen LogP contribution < -0.4 is 5.56 Å². The van der Waals surface area contributed by atoms with Gasteiger partial charge >= 0.3 is 5.97 Å². The molecule has 0 radical (unpaired) electrons. The molecule has 4 aromatic rings. The minimum Gasteiger partial charge on any atom is -0.465 e. The molecule has 4 rings (SSSR count). The number of aromatic nitrogens is 6. The van der Waals surface area contributed by atoms with Crippen molar-refractivity contribution in [2.45, 2.75) is 24.4 Å². The van der Waals surface area contributed by atoms with Gasteiger partial charge in [0.25, 0.3) is 5.56 Å². The maximum absolute atomic E-state index is 12.4. The van der Waals surface area contributed by atoms with Gasteiger partial charge in [0.2, 0.25) is 0 Å². The lowest BCUT2D eigenvalue weighted by molar-refractivity contribution is 0.0601. The molecule has 0 spiro atoms. The third kappa shape index (κ3) is 3.81. The molecule has 0 aliphatic carbocycles. The smallest absolute Gasteiger partial charge is 0.337 e. The Balaban J connectivity index is 1.61. The number of carbonyl (C=O) groups is 1. The maximum Gasteiger partial charge on any atom is 0.337 e. The predicted molar refractivity (Wildman–Crippen MR) is 112 cm³/mol. The average Bonchev–Trinajstić information content (AvgIpc) is 3.20. The van der Waals surface area contributed by atoms with E-state index in [-0.39, 0.29) is 5.56 Å². The van der Waals surface area contributed by atoms with Crippen LogP contribution in [0.3, 0.4) is 0 Å². The van der Waals surface area contributed by atoms with E-state index < -0.39 is 5.97 Å². The lowest BCUT2D eigenvalue weighted by Gasteiger charge is -2.07. The number of esters is 1. The van der Waals surface area contributed by atoms with Gasteiger partial charge in [0, 0.05) is 24.5 Å². The molecule has 152 valence electrons. The summed E-state index contributed by atoms with van der Waals surface area (Å²) in [5.41, 5.74) is 1.45. The molecule has 0 fully saturated rings. The number of aromatic amines is 1. The third-order valence-corrected chi connectivity index (χ3v) is 5.46. The van der Waals surface area contributed by atoms with E-state index in [1.807, 2.05) is 23.6 Å². The fourth-order valence-electron chi connectivity index (χ4n) is 3.03. The molecular weight excluding hydrogens is 404 g/mol. The molecule has 3 heterocycles. The van der Waals surface area contributed by atoms with Crippen LogP contribution in [0.25, 0.3) is 22.3 Å². The summed E-state index contributed by atoms with van der Waals surface area (Å²) in [5.74, 6) is 1.15. The highest BCUT2D eigenvalue weighted by atomic mass is 32.2. The zero-order valence-electron chi connectivity index (χ0n) is 16.3. The molecule has 30 heavy (non-hydrogen) atoms. The van der Waals surface area contributed by atoms with Crippen molar-refractivity contribution in [1.82, 2.24) is 29.7 Å². The molecule has 0 saturated heterocycles. The minimum atomic E-state index is -0.477. The van der Waals surface area contributed by atoms with E-state index in [1.54, 1.807) is 30.6 Å². The van der Waals surface area contributed by atoms with Crippen LogP contribution in [0.5, 0.6) is 0 Å². The number of fused-ring (bicyclic) bond motifs is 1. The highest BCUT2D eigenvalue weighted by molar-refractivity contribution is 7.98. The van der Waals surface area contributed by atoms with Gasteiger partial charge in [-0.05, 0) is 37.3 Å². The minimum absolute atomic E-state index is 0.263. The first kappa shape index (κ1) is 19.8. The summed E-state index contributed by atoms with van der Waals surface area (Å²) in [6, 6.07) is 8.43. The molecule has 0 bridgehead atoms. The van der Waals surface area contributed by atoms with Gasteiger partial charge in [-0.15, -0.1) is 10.2 Å². The maximum atomic E-state index is 12.4. The van der Waals surface area contributed by atoms with Crippen molar-refractivity contribution in [3.8, 4) is 11.4 Å². The SMILES string of the molecule is CCn1c(SCc2nc3cc(C(=O)OC)ccc3c(=O)[nH]2)nnc1-c1ccncc1. The number of H-pyrrole nitrogens is 1. The third-order valence-electron chi connectivity index (χ3n) is 4.49. The number of hydrogen-bond acceptors (Lipinski definition) is 8. The van der Waals surface area contributed by atoms with Crippen molar-refractivity contribution < 1.29 is 9.53 Å². The van der Waals surface area contributed by atoms with Crippen molar-refractivity contribution >= 4 is 28.6 Å². The quantitative estimate of drug-likeness (QED) is 0.372. The fraction of sp³-hybridized carbons (Fsp3) is 0.200. The van der Waals surface area contributed by atoms with Crippen molar-refractivity contribution in [1.29, 1.82) is 0 Å². The molecule has 1 aromatic carbocycles. The van der Waals surface area contributed by atoms with E-state index in [9.17, 15) is 9.59 Å². The Morgan fingerprint density at radius 1 is 1.20 bits per heavy atom. The molecule has 0 atom stereocenters. The molecule has 3 aromatic heterocycles. The number of ether oxygens (including phenoxy) is 1.